The van der Waals surface area contributed by atoms with Crippen LogP contribution < -0.4 is 19.3 Å². The van der Waals surface area contributed by atoms with Crippen molar-refractivity contribution in [2.75, 3.05) is 36.2 Å². The van der Waals surface area contributed by atoms with Crippen LogP contribution in [0.5, 0.6) is 11.5 Å². The fraction of sp³-hybridized carbons (Fsp3) is 0.240. The van der Waals surface area contributed by atoms with E-state index in [0.29, 0.717) is 34.5 Å². The van der Waals surface area contributed by atoms with Gasteiger partial charge < -0.3 is 38.4 Å². The summed E-state index contributed by atoms with van der Waals surface area (Å²) in [7, 11) is -8.73. The molecule has 0 saturated carbocycles. The molecule has 6 aromatic rings. The Morgan fingerprint density at radius 3 is 1.39 bits per heavy atom. The maximum Gasteiger partial charge on any atom is 0.475 e. The normalized spacial score (nSPS) is 18.2. The van der Waals surface area contributed by atoms with E-state index < -0.39 is 58.7 Å². The van der Waals surface area contributed by atoms with E-state index in [-0.39, 0.29) is 47.9 Å². The summed E-state index contributed by atoms with van der Waals surface area (Å²) in [6.07, 6.45) is 0.378. The van der Waals surface area contributed by atoms with Gasteiger partial charge in [-0.1, -0.05) is 113 Å². The first-order chi connectivity index (χ1) is 33.9. The van der Waals surface area contributed by atoms with Crippen molar-refractivity contribution in [3.05, 3.63) is 168 Å². The number of anilines is 2. The zero-order chi connectivity index (χ0) is 48.8. The zero-order valence-electron chi connectivity index (χ0n) is 36.6. The van der Waals surface area contributed by atoms with Crippen molar-refractivity contribution in [1.29, 1.82) is 0 Å². The second-order valence-corrected chi connectivity index (χ2v) is 18.7. The number of phosphoric ester groups is 2. The Hall–Kier alpha value is -7.48. The van der Waals surface area contributed by atoms with Gasteiger partial charge in [-0.2, -0.15) is 0 Å². The standard InChI is InChI=1S/C31H26N3O7P.C17H14N3O7P.2CH4/c1-32-30-15-13-25(17-33-30)24-12-14-26-28(16-24)37-20-27-29(41-31(35)34(26)27)21-40-42(36,38-18-22-8-4-2-5-9-22)39-19-23-10-6-3-7-11-23;1-18-16-5-3-11(7-19-16)10-2-4-12-14(6-10)25-8-13-15(9-26-28(22,23)24)27-17(21)20(12)13;;/h2-17,27,29H,18-21H2;2-7,13,15H,8-9H2,(H2,22,23,24);2*1H4/t27-,29-;13-,15-;;/m00../s1. The number of aromatic nitrogens is 2. The number of benzene rings is 4. The van der Waals surface area contributed by atoms with Crippen molar-refractivity contribution in [3.63, 3.8) is 0 Å². The minimum absolute atomic E-state index is 0. The molecular formula is C50H48N6O14P2. The molecule has 0 bridgehead atoms. The summed E-state index contributed by atoms with van der Waals surface area (Å²) < 4.78 is 68.9. The van der Waals surface area contributed by atoms with Crippen molar-refractivity contribution in [2.24, 2.45) is 0 Å². The van der Waals surface area contributed by atoms with E-state index >= 15 is 0 Å². The van der Waals surface area contributed by atoms with E-state index in [1.54, 1.807) is 54.9 Å². The lowest BCUT2D eigenvalue weighted by molar-refractivity contribution is 0.0460. The highest BCUT2D eigenvalue weighted by atomic mass is 31.2. The quantitative estimate of drug-likeness (QED) is 0.0764. The van der Waals surface area contributed by atoms with Gasteiger partial charge in [-0.15, -0.1) is 9.97 Å². The fourth-order valence-electron chi connectivity index (χ4n) is 7.86. The molecule has 4 aromatic carbocycles. The summed E-state index contributed by atoms with van der Waals surface area (Å²) in [5, 5.41) is 0. The number of ether oxygens (including phenoxy) is 4. The molecule has 0 radical (unpaired) electrons. The van der Waals surface area contributed by atoms with Crippen LogP contribution in [0, 0.1) is 13.1 Å². The number of phosphoric acid groups is 2. The Kier molecular flexibility index (Phi) is 16.5. The predicted molar refractivity (Wildman–Crippen MR) is 263 cm³/mol. The van der Waals surface area contributed by atoms with Gasteiger partial charge >= 0.3 is 27.8 Å². The van der Waals surface area contributed by atoms with Crippen LogP contribution in [0.25, 0.3) is 31.9 Å². The number of pyridine rings is 2. The molecule has 4 aliphatic heterocycles. The second-order valence-electron chi connectivity index (χ2n) is 15.8. The van der Waals surface area contributed by atoms with Crippen molar-refractivity contribution in [3.8, 4) is 33.8 Å². The molecule has 2 saturated heterocycles. The first-order valence-corrected chi connectivity index (χ1v) is 24.4. The van der Waals surface area contributed by atoms with Crippen molar-refractivity contribution in [1.82, 2.24) is 9.97 Å². The molecule has 20 nitrogen and oxygen atoms in total. The molecule has 2 aromatic heterocycles. The van der Waals surface area contributed by atoms with Gasteiger partial charge in [0.05, 0.1) is 37.8 Å². The molecule has 4 aliphatic rings. The molecule has 0 spiro atoms. The van der Waals surface area contributed by atoms with Crippen molar-refractivity contribution in [2.45, 2.75) is 52.4 Å². The minimum atomic E-state index is -4.67. The van der Waals surface area contributed by atoms with Gasteiger partial charge in [-0.05, 0) is 58.7 Å². The number of hydrogen-bond donors (Lipinski definition) is 2. The predicted octanol–water partition coefficient (Wildman–Crippen LogP) is 10.7. The van der Waals surface area contributed by atoms with Gasteiger partial charge in [-0.25, -0.2) is 18.7 Å². The largest absolute Gasteiger partial charge is 0.489 e. The van der Waals surface area contributed by atoms with Gasteiger partial charge in [0.25, 0.3) is 11.6 Å². The lowest BCUT2D eigenvalue weighted by Crippen LogP contribution is -2.45. The first kappa shape index (κ1) is 52.3. The van der Waals surface area contributed by atoms with E-state index in [4.69, 9.17) is 55.4 Å². The van der Waals surface area contributed by atoms with Gasteiger partial charge in [0.2, 0.25) is 0 Å². The number of nitrogens with zero attached hydrogens (tertiary/aromatic N) is 6. The molecule has 372 valence electrons. The Labute approximate surface area is 415 Å². The minimum Gasteiger partial charge on any atom is -0.489 e. The third-order valence-electron chi connectivity index (χ3n) is 11.3. The van der Waals surface area contributed by atoms with E-state index in [1.165, 1.54) is 9.80 Å². The molecule has 0 unspecified atom stereocenters. The number of carbonyl (C=O) groups excluding carboxylic acids is 2. The molecule has 2 N–H and O–H groups in total. The molecular weight excluding hydrogens is 971 g/mol. The number of hydrogen-bond acceptors (Lipinski definition) is 14. The molecule has 2 amide bonds. The van der Waals surface area contributed by atoms with E-state index in [9.17, 15) is 18.7 Å². The summed E-state index contributed by atoms with van der Waals surface area (Å²) in [6.45, 7) is 13.6. The number of rotatable bonds is 14. The Morgan fingerprint density at radius 2 is 1.00 bits per heavy atom. The third-order valence-corrected chi connectivity index (χ3v) is 13.2. The highest BCUT2D eigenvalue weighted by Crippen LogP contribution is 2.52. The topological polar surface area (TPSA) is 224 Å². The van der Waals surface area contributed by atoms with E-state index in [0.717, 1.165) is 33.4 Å². The smallest absolute Gasteiger partial charge is 0.475 e. The molecule has 6 heterocycles. The lowest BCUT2D eigenvalue weighted by atomic mass is 10.0. The van der Waals surface area contributed by atoms with Gasteiger partial charge in [0.1, 0.15) is 49.2 Å². The number of amides is 2. The molecule has 22 heteroatoms. The maximum absolute atomic E-state index is 13.7. The summed E-state index contributed by atoms with van der Waals surface area (Å²) in [4.78, 5) is 60.6. The summed E-state index contributed by atoms with van der Waals surface area (Å²) in [5.74, 6) is 1.59. The number of cyclic esters (lactones) is 2. The summed E-state index contributed by atoms with van der Waals surface area (Å²) in [5.41, 5.74) is 5.89. The van der Waals surface area contributed by atoms with Crippen LogP contribution in [0.15, 0.2) is 134 Å². The monoisotopic (exact) mass is 1020 g/mol. The maximum atomic E-state index is 13.7. The molecule has 72 heavy (non-hydrogen) atoms. The van der Waals surface area contributed by atoms with Crippen LogP contribution in [0.3, 0.4) is 0 Å². The Morgan fingerprint density at radius 1 is 0.583 bits per heavy atom. The highest BCUT2D eigenvalue weighted by molar-refractivity contribution is 7.48. The zero-order valence-corrected chi connectivity index (χ0v) is 38.4. The average Bonchev–Trinajstić information content (AvgIpc) is 3.91. The lowest BCUT2D eigenvalue weighted by Gasteiger charge is -2.31. The van der Waals surface area contributed by atoms with Crippen LogP contribution in [0.1, 0.15) is 26.0 Å². The van der Waals surface area contributed by atoms with Gasteiger partial charge in [-0.3, -0.25) is 27.9 Å². The van der Waals surface area contributed by atoms with Crippen LogP contribution in [-0.2, 0) is 49.9 Å². The number of carbonyl (C=O) groups is 2. The summed E-state index contributed by atoms with van der Waals surface area (Å²) >= 11 is 0. The van der Waals surface area contributed by atoms with Gasteiger partial charge in [0, 0.05) is 11.1 Å². The Balaban J connectivity index is 0.000000221. The van der Waals surface area contributed by atoms with Crippen LogP contribution in [0.2, 0.25) is 0 Å². The third kappa shape index (κ3) is 12.0. The highest BCUT2D eigenvalue weighted by Gasteiger charge is 2.49. The molecule has 0 aliphatic carbocycles. The van der Waals surface area contributed by atoms with Crippen molar-refractivity contribution >= 4 is 50.8 Å². The summed E-state index contributed by atoms with van der Waals surface area (Å²) in [6, 6.07) is 35.0. The fourth-order valence-corrected chi connectivity index (χ4v) is 9.37. The first-order valence-electron chi connectivity index (χ1n) is 21.4. The van der Waals surface area contributed by atoms with E-state index in [1.807, 2.05) is 78.9 Å². The number of fused-ring (bicyclic) bond motifs is 6. The van der Waals surface area contributed by atoms with Crippen LogP contribution >= 0.6 is 15.6 Å². The van der Waals surface area contributed by atoms with E-state index in [2.05, 4.69) is 24.2 Å². The average molecular weight is 1020 g/mol. The molecule has 10 rings (SSSR count). The Bertz CT molecular complexity index is 3010. The molecule has 4 atom stereocenters. The van der Waals surface area contributed by atoms with Crippen LogP contribution in [-0.4, -0.2) is 82.7 Å². The second kappa shape index (κ2) is 22.7. The molecule has 2 fully saturated rings. The SMILES string of the molecule is C.C.[C-]#[N+]c1ccc(-c2ccc3c(c2)OC[C@H]2[C@H](COP(=O)(O)O)OC(=O)N32)cn1.[C-]#[N+]c1ccc(-c2ccc3c(c2)OC[C@H]2[C@H](COP(=O)(OCc4ccccc4)OCc4ccccc4)OC(=O)N32)cn1. The van der Waals surface area contributed by atoms with Gasteiger partial charge in [0.15, 0.2) is 12.2 Å². The van der Waals surface area contributed by atoms with Crippen molar-refractivity contribution < 1.29 is 65.5 Å². The van der Waals surface area contributed by atoms with Crippen LogP contribution in [0.4, 0.5) is 32.6 Å².